The first-order valence-corrected chi connectivity index (χ1v) is 19.1. The van der Waals surface area contributed by atoms with Crippen LogP contribution in [0.4, 0.5) is 13.2 Å². The lowest BCUT2D eigenvalue weighted by Crippen LogP contribution is -2.46. The zero-order chi connectivity index (χ0) is 36.0. The van der Waals surface area contributed by atoms with Gasteiger partial charge < -0.3 is 24.2 Å². The van der Waals surface area contributed by atoms with E-state index < -0.39 is 12.3 Å². The summed E-state index contributed by atoms with van der Waals surface area (Å²) in [4.78, 5) is 36.0. The summed E-state index contributed by atoms with van der Waals surface area (Å²) >= 11 is 1.30. The molecule has 8 nitrogen and oxygen atoms in total. The average molecular weight is 731 g/mol. The highest BCUT2D eigenvalue weighted by Crippen LogP contribution is 2.47. The van der Waals surface area contributed by atoms with Gasteiger partial charge in [-0.3, -0.25) is 4.79 Å². The Morgan fingerprint density at radius 1 is 0.865 bits per heavy atom. The number of carbonyl (C=O) groups is 2. The molecule has 0 bridgehead atoms. The normalized spacial score (nSPS) is 18.1. The largest absolute Gasteiger partial charge is 0.573 e. The minimum Gasteiger partial charge on any atom is -0.477 e. The van der Waals surface area contributed by atoms with Crippen molar-refractivity contribution < 1.29 is 32.6 Å². The van der Waals surface area contributed by atoms with Gasteiger partial charge in [-0.25, -0.2) is 9.78 Å². The first-order valence-electron chi connectivity index (χ1n) is 18.3. The summed E-state index contributed by atoms with van der Waals surface area (Å²) in [7, 11) is 0. The van der Waals surface area contributed by atoms with E-state index in [-0.39, 0.29) is 29.0 Å². The molecule has 2 saturated heterocycles. The lowest BCUT2D eigenvalue weighted by atomic mass is 9.83. The second kappa shape index (κ2) is 14.2. The number of carbonyl (C=O) groups excluding carboxylic acids is 1. The molecule has 3 aliphatic rings. The van der Waals surface area contributed by atoms with Crippen molar-refractivity contribution in [1.82, 2.24) is 19.4 Å². The van der Waals surface area contributed by atoms with Crippen molar-refractivity contribution in [3.05, 3.63) is 71.1 Å². The number of aromatic nitrogens is 2. The smallest absolute Gasteiger partial charge is 0.477 e. The molecule has 1 amide bonds. The minimum atomic E-state index is -4.79. The molecule has 3 fully saturated rings. The Kier molecular flexibility index (Phi) is 9.46. The molecule has 12 heteroatoms. The van der Waals surface area contributed by atoms with Gasteiger partial charge in [0.2, 0.25) is 5.91 Å². The number of carboxylic acids is 1. The molecule has 5 aromatic rings. The van der Waals surface area contributed by atoms with Crippen LogP contribution in [0.15, 0.2) is 60.7 Å². The van der Waals surface area contributed by atoms with Gasteiger partial charge in [-0.2, -0.15) is 0 Å². The van der Waals surface area contributed by atoms with Gasteiger partial charge in [0.05, 0.1) is 27.1 Å². The fourth-order valence-corrected chi connectivity index (χ4v) is 9.73. The molecule has 0 spiro atoms. The summed E-state index contributed by atoms with van der Waals surface area (Å²) in [5.74, 6) is -1.00. The number of pyridine rings is 1. The van der Waals surface area contributed by atoms with Gasteiger partial charge in [0.15, 0.2) is 0 Å². The predicted octanol–water partition coefficient (Wildman–Crippen LogP) is 9.32. The highest BCUT2D eigenvalue weighted by molar-refractivity contribution is 7.21. The number of likely N-dealkylation sites (tertiary alicyclic amines) is 2. The van der Waals surface area contributed by atoms with E-state index in [1.165, 1.54) is 48.8 Å². The number of halogens is 3. The van der Waals surface area contributed by atoms with Gasteiger partial charge in [-0.15, -0.1) is 24.5 Å². The molecule has 1 aliphatic carbocycles. The minimum absolute atomic E-state index is 0.0418. The maximum Gasteiger partial charge on any atom is 0.573 e. The van der Waals surface area contributed by atoms with Crippen LogP contribution >= 0.6 is 11.3 Å². The average Bonchev–Trinajstić information content (AvgIpc) is 3.89. The summed E-state index contributed by atoms with van der Waals surface area (Å²) in [5.41, 5.74) is 5.47. The van der Waals surface area contributed by atoms with Crippen molar-refractivity contribution >= 4 is 44.3 Å². The van der Waals surface area contributed by atoms with Gasteiger partial charge in [0.1, 0.15) is 17.2 Å². The van der Waals surface area contributed by atoms with Crippen molar-refractivity contribution in [1.29, 1.82) is 0 Å². The Balaban J connectivity index is 1.17. The van der Waals surface area contributed by atoms with Crippen LogP contribution in [0.2, 0.25) is 0 Å². The van der Waals surface area contributed by atoms with Gasteiger partial charge >= 0.3 is 12.3 Å². The molecule has 2 aromatic carbocycles. The fourth-order valence-electron chi connectivity index (χ4n) is 8.61. The molecule has 0 atom stereocenters. The Labute approximate surface area is 303 Å². The monoisotopic (exact) mass is 730 g/mol. The summed E-state index contributed by atoms with van der Waals surface area (Å²) in [5, 5.41) is 10.9. The molecule has 272 valence electrons. The summed E-state index contributed by atoms with van der Waals surface area (Å²) in [6.45, 7) is 3.84. The fraction of sp³-hybridized carbons (Fsp3) is 0.425. The second-order valence-corrected chi connectivity index (χ2v) is 15.4. The van der Waals surface area contributed by atoms with Crippen LogP contribution in [-0.2, 0) is 11.3 Å². The zero-order valence-electron chi connectivity index (χ0n) is 28.8. The number of aromatic carboxylic acids is 1. The number of benzene rings is 2. The zero-order valence-corrected chi connectivity index (χ0v) is 29.6. The molecule has 3 aromatic heterocycles. The molecule has 52 heavy (non-hydrogen) atoms. The SMILES string of the molecule is O=C(O)c1cc2c(s1)c(C1CCCCC1)c(-c1ccc3nc(-c4cccc(OC(F)(F)F)c4)ccc3c1)n2CC(=O)N1CCC(N2CCCC2)CC1. The number of fused-ring (bicyclic) bond motifs is 2. The van der Waals surface area contributed by atoms with E-state index in [9.17, 15) is 27.9 Å². The summed E-state index contributed by atoms with van der Waals surface area (Å²) < 4.78 is 45.8. The van der Waals surface area contributed by atoms with Crippen molar-refractivity contribution in [2.45, 2.75) is 82.7 Å². The molecular formula is C40H41F3N4O4S. The molecule has 1 N–H and O–H groups in total. The topological polar surface area (TPSA) is 87.9 Å². The van der Waals surface area contributed by atoms with E-state index in [1.807, 2.05) is 23.1 Å². The van der Waals surface area contributed by atoms with Gasteiger partial charge in [-0.1, -0.05) is 43.5 Å². The second-order valence-electron chi connectivity index (χ2n) is 14.3. The van der Waals surface area contributed by atoms with Crippen molar-refractivity contribution in [2.75, 3.05) is 26.2 Å². The quantitative estimate of drug-likeness (QED) is 0.171. The third-order valence-electron chi connectivity index (χ3n) is 11.1. The third kappa shape index (κ3) is 7.02. The summed E-state index contributed by atoms with van der Waals surface area (Å²) in [6, 6.07) is 17.7. The number of carboxylic acid groups (broad SMARTS) is 1. The number of hydrogen-bond acceptors (Lipinski definition) is 6. The number of amides is 1. The van der Waals surface area contributed by atoms with Gasteiger partial charge in [0, 0.05) is 30.1 Å². The van der Waals surface area contributed by atoms with Crippen LogP contribution in [0, 0.1) is 0 Å². The lowest BCUT2D eigenvalue weighted by Gasteiger charge is -2.36. The first kappa shape index (κ1) is 34.7. The Morgan fingerprint density at radius 3 is 2.37 bits per heavy atom. The number of nitrogens with zero attached hydrogens (tertiary/aromatic N) is 4. The van der Waals surface area contributed by atoms with E-state index >= 15 is 0 Å². The van der Waals surface area contributed by atoms with Crippen molar-refractivity contribution in [3.63, 3.8) is 0 Å². The number of ether oxygens (including phenoxy) is 1. The molecular weight excluding hydrogens is 690 g/mol. The van der Waals surface area contributed by atoms with Crippen LogP contribution in [0.3, 0.4) is 0 Å². The maximum absolute atomic E-state index is 14.1. The van der Waals surface area contributed by atoms with Crippen LogP contribution in [0.25, 0.3) is 43.6 Å². The van der Waals surface area contributed by atoms with E-state index in [2.05, 4.69) is 20.3 Å². The van der Waals surface area contributed by atoms with Crippen LogP contribution in [0.5, 0.6) is 5.75 Å². The van der Waals surface area contributed by atoms with Crippen LogP contribution < -0.4 is 4.74 Å². The Hall–Kier alpha value is -4.42. The highest BCUT2D eigenvalue weighted by atomic mass is 32.1. The predicted molar refractivity (Wildman–Crippen MR) is 196 cm³/mol. The molecule has 0 radical (unpaired) electrons. The number of rotatable bonds is 8. The van der Waals surface area contributed by atoms with Crippen molar-refractivity contribution in [3.8, 4) is 28.3 Å². The van der Waals surface area contributed by atoms with Gasteiger partial charge in [0.25, 0.3) is 0 Å². The number of thiophene rings is 1. The van der Waals surface area contributed by atoms with E-state index in [4.69, 9.17) is 4.98 Å². The van der Waals surface area contributed by atoms with E-state index in [1.54, 1.807) is 18.2 Å². The molecule has 5 heterocycles. The third-order valence-corrected chi connectivity index (χ3v) is 12.2. The van der Waals surface area contributed by atoms with Crippen molar-refractivity contribution in [2.24, 2.45) is 0 Å². The maximum atomic E-state index is 14.1. The van der Waals surface area contributed by atoms with Crippen LogP contribution in [0.1, 0.15) is 78.9 Å². The number of hydrogen-bond donors (Lipinski definition) is 1. The summed E-state index contributed by atoms with van der Waals surface area (Å²) in [6.07, 6.45) is 4.99. The standard InChI is InChI=1S/C40H41F3N4O4S/c41-40(42,43)51-30-10-6-9-26(22-30)31-13-11-27-21-28(12-14-32(27)44-31)37-36(25-7-2-1-3-8-25)38-33(23-34(52-38)39(49)50)47(37)24-35(48)46-19-15-29(16-20-46)45-17-4-5-18-45/h6,9-14,21-23,25,29H,1-5,7-8,15-20,24H2,(H,49,50). The lowest BCUT2D eigenvalue weighted by molar-refractivity contribution is -0.274. The van der Waals surface area contributed by atoms with E-state index in [0.717, 1.165) is 84.0 Å². The molecule has 8 rings (SSSR count). The number of alkyl halides is 3. The Bertz CT molecular complexity index is 2120. The van der Waals surface area contributed by atoms with E-state index in [0.29, 0.717) is 35.9 Å². The molecule has 0 unspecified atom stereocenters. The number of piperidine rings is 1. The molecule has 2 aliphatic heterocycles. The van der Waals surface area contributed by atoms with Crippen LogP contribution in [-0.4, -0.2) is 74.9 Å². The van der Waals surface area contributed by atoms with Gasteiger partial charge in [-0.05, 0) is 105 Å². The Morgan fingerprint density at radius 2 is 1.63 bits per heavy atom. The first-order chi connectivity index (χ1) is 25.1. The highest BCUT2D eigenvalue weighted by Gasteiger charge is 2.33. The molecule has 1 saturated carbocycles.